The second kappa shape index (κ2) is 7.82. The van der Waals surface area contributed by atoms with Crippen LogP contribution in [0.3, 0.4) is 0 Å². The Morgan fingerprint density at radius 3 is 2.50 bits per heavy atom. The molecule has 1 fully saturated rings. The summed E-state index contributed by atoms with van der Waals surface area (Å²) in [5, 5.41) is 0. The summed E-state index contributed by atoms with van der Waals surface area (Å²) >= 11 is 0. The van der Waals surface area contributed by atoms with Crippen molar-refractivity contribution in [2.45, 2.75) is 77.5 Å². The van der Waals surface area contributed by atoms with Gasteiger partial charge >= 0.3 is 6.09 Å². The molecule has 4 heteroatoms. The van der Waals surface area contributed by atoms with Crippen molar-refractivity contribution < 1.29 is 14.3 Å². The molecule has 1 amide bonds. The van der Waals surface area contributed by atoms with Gasteiger partial charge in [0.2, 0.25) is 0 Å². The van der Waals surface area contributed by atoms with Crippen molar-refractivity contribution in [1.82, 2.24) is 4.90 Å². The molecule has 0 spiro atoms. The zero-order valence-corrected chi connectivity index (χ0v) is 15.2. The minimum absolute atomic E-state index is 0.0407. The van der Waals surface area contributed by atoms with E-state index in [0.29, 0.717) is 12.8 Å². The Labute approximate surface area is 145 Å². The van der Waals surface area contributed by atoms with Gasteiger partial charge in [0.05, 0.1) is 6.04 Å². The first-order valence-corrected chi connectivity index (χ1v) is 8.89. The lowest BCUT2D eigenvalue weighted by molar-refractivity contribution is -0.119. The van der Waals surface area contributed by atoms with E-state index in [-0.39, 0.29) is 17.9 Å². The largest absolute Gasteiger partial charge is 0.444 e. The summed E-state index contributed by atoms with van der Waals surface area (Å²) in [6.45, 7) is 7.69. The summed E-state index contributed by atoms with van der Waals surface area (Å²) in [5.41, 5.74) is 0.510. The number of ketones is 1. The summed E-state index contributed by atoms with van der Waals surface area (Å²) < 4.78 is 5.58. The molecule has 1 saturated heterocycles. The number of carbonyl (C=O) groups excluding carboxylic acids is 2. The van der Waals surface area contributed by atoms with Gasteiger partial charge in [-0.25, -0.2) is 4.79 Å². The number of Topliss-reactive ketones (excluding diaryl/α,β-unsaturated/α-hetero) is 1. The number of hydrogen-bond acceptors (Lipinski definition) is 3. The quantitative estimate of drug-likeness (QED) is 0.805. The van der Waals surface area contributed by atoms with Crippen LogP contribution in [-0.2, 0) is 16.0 Å². The lowest BCUT2D eigenvalue weighted by Crippen LogP contribution is -2.46. The Kier molecular flexibility index (Phi) is 6.03. The molecule has 132 valence electrons. The molecule has 1 aromatic rings. The van der Waals surface area contributed by atoms with Crippen LogP contribution in [0.25, 0.3) is 0 Å². The minimum Gasteiger partial charge on any atom is -0.444 e. The van der Waals surface area contributed by atoms with Crippen molar-refractivity contribution >= 4 is 11.9 Å². The molecule has 0 saturated carbocycles. The number of benzene rings is 1. The van der Waals surface area contributed by atoms with Gasteiger partial charge in [0.1, 0.15) is 5.60 Å². The van der Waals surface area contributed by atoms with Crippen LogP contribution >= 0.6 is 0 Å². The molecular formula is C20H29NO3. The zero-order chi connectivity index (χ0) is 17.7. The van der Waals surface area contributed by atoms with Crippen molar-refractivity contribution in [2.24, 2.45) is 0 Å². The molecule has 1 aromatic carbocycles. The molecule has 0 bridgehead atoms. The van der Waals surface area contributed by atoms with E-state index >= 15 is 0 Å². The Morgan fingerprint density at radius 1 is 1.25 bits per heavy atom. The highest BCUT2D eigenvalue weighted by molar-refractivity contribution is 5.91. The van der Waals surface area contributed by atoms with Gasteiger partial charge in [0, 0.05) is 18.9 Å². The highest BCUT2D eigenvalue weighted by Gasteiger charge is 2.44. The second-order valence-corrected chi connectivity index (χ2v) is 7.56. The van der Waals surface area contributed by atoms with Crippen LogP contribution in [0.5, 0.6) is 0 Å². The van der Waals surface area contributed by atoms with E-state index in [1.807, 2.05) is 51.1 Å². The Morgan fingerprint density at radius 2 is 1.92 bits per heavy atom. The molecule has 0 N–H and O–H groups in total. The van der Waals surface area contributed by atoms with E-state index in [1.54, 1.807) is 4.90 Å². The molecule has 0 aromatic heterocycles. The van der Waals surface area contributed by atoms with Crippen molar-refractivity contribution in [1.29, 1.82) is 0 Å². The number of rotatable bonds is 5. The molecule has 2 atom stereocenters. The molecule has 1 heterocycles. The van der Waals surface area contributed by atoms with Gasteiger partial charge in [-0.15, -0.1) is 0 Å². The molecule has 4 nitrogen and oxygen atoms in total. The lowest BCUT2D eigenvalue weighted by atomic mass is 10.0. The van der Waals surface area contributed by atoms with E-state index in [4.69, 9.17) is 4.74 Å². The molecule has 0 aliphatic carbocycles. The minimum atomic E-state index is -0.560. The van der Waals surface area contributed by atoms with Crippen molar-refractivity contribution in [2.75, 3.05) is 0 Å². The molecule has 2 rings (SSSR count). The van der Waals surface area contributed by atoms with Gasteiger partial charge in [-0.2, -0.15) is 0 Å². The highest BCUT2D eigenvalue weighted by atomic mass is 16.6. The van der Waals surface area contributed by atoms with Crippen LogP contribution < -0.4 is 0 Å². The third kappa shape index (κ3) is 4.83. The molecule has 24 heavy (non-hydrogen) atoms. The normalized spacial score (nSPS) is 21.2. The number of likely N-dealkylation sites (tertiary alicyclic amines) is 1. The topological polar surface area (TPSA) is 46.6 Å². The van der Waals surface area contributed by atoms with E-state index in [1.165, 1.54) is 0 Å². The first kappa shape index (κ1) is 18.5. The Bertz CT molecular complexity index is 562. The van der Waals surface area contributed by atoms with E-state index in [9.17, 15) is 9.59 Å². The molecule has 0 radical (unpaired) electrons. The highest BCUT2D eigenvalue weighted by Crippen LogP contribution is 2.29. The Hall–Kier alpha value is -1.84. The number of unbranched alkanes of at least 4 members (excludes halogenated alkanes) is 1. The fraction of sp³-hybridized carbons (Fsp3) is 0.600. The van der Waals surface area contributed by atoms with E-state index < -0.39 is 11.6 Å². The summed E-state index contributed by atoms with van der Waals surface area (Å²) in [6.07, 6.45) is 3.55. The van der Waals surface area contributed by atoms with Crippen LogP contribution in [0.2, 0.25) is 0 Å². The van der Waals surface area contributed by atoms with Crippen LogP contribution in [0, 0.1) is 0 Å². The molecule has 0 unspecified atom stereocenters. The number of carbonyl (C=O) groups is 2. The third-order valence-corrected chi connectivity index (χ3v) is 4.30. The maximum Gasteiger partial charge on any atom is 0.411 e. The van der Waals surface area contributed by atoms with Crippen LogP contribution in [0.1, 0.15) is 58.9 Å². The maximum atomic E-state index is 12.7. The zero-order valence-electron chi connectivity index (χ0n) is 15.2. The van der Waals surface area contributed by atoms with Crippen LogP contribution in [0.15, 0.2) is 30.3 Å². The second-order valence-electron chi connectivity index (χ2n) is 7.56. The van der Waals surface area contributed by atoms with Crippen molar-refractivity contribution in [3.05, 3.63) is 35.9 Å². The molecular weight excluding hydrogens is 302 g/mol. The predicted octanol–water partition coefficient (Wildman–Crippen LogP) is 4.37. The summed E-state index contributed by atoms with van der Waals surface area (Å²) in [7, 11) is 0. The fourth-order valence-corrected chi connectivity index (χ4v) is 3.20. The van der Waals surface area contributed by atoms with Crippen LogP contribution in [0.4, 0.5) is 4.79 Å². The number of hydrogen-bond donors (Lipinski definition) is 0. The van der Waals surface area contributed by atoms with Gasteiger partial charge < -0.3 is 4.74 Å². The van der Waals surface area contributed by atoms with Gasteiger partial charge in [-0.05, 0) is 32.8 Å². The molecule has 1 aliphatic rings. The van der Waals surface area contributed by atoms with Gasteiger partial charge in [0.25, 0.3) is 0 Å². The van der Waals surface area contributed by atoms with Gasteiger partial charge in [0.15, 0.2) is 5.78 Å². The predicted molar refractivity (Wildman–Crippen MR) is 94.9 cm³/mol. The number of ether oxygens (including phenoxy) is 1. The smallest absolute Gasteiger partial charge is 0.411 e. The lowest BCUT2D eigenvalue weighted by Gasteiger charge is -2.32. The average molecular weight is 331 g/mol. The average Bonchev–Trinajstić information content (AvgIpc) is 2.80. The SMILES string of the molecule is CCCC[C@H]1CC(=O)[C@@H](Cc2ccccc2)N1C(=O)OC(C)(C)C. The van der Waals surface area contributed by atoms with E-state index in [2.05, 4.69) is 6.92 Å². The fourth-order valence-electron chi connectivity index (χ4n) is 3.20. The van der Waals surface area contributed by atoms with Crippen molar-refractivity contribution in [3.8, 4) is 0 Å². The molecule has 1 aliphatic heterocycles. The van der Waals surface area contributed by atoms with Gasteiger partial charge in [-0.3, -0.25) is 9.69 Å². The summed E-state index contributed by atoms with van der Waals surface area (Å²) in [6, 6.07) is 9.42. The first-order valence-electron chi connectivity index (χ1n) is 8.89. The monoisotopic (exact) mass is 331 g/mol. The number of amides is 1. The van der Waals surface area contributed by atoms with Gasteiger partial charge in [-0.1, -0.05) is 50.1 Å². The van der Waals surface area contributed by atoms with Crippen LogP contribution in [-0.4, -0.2) is 34.5 Å². The van der Waals surface area contributed by atoms with Crippen molar-refractivity contribution in [3.63, 3.8) is 0 Å². The third-order valence-electron chi connectivity index (χ3n) is 4.30. The summed E-state index contributed by atoms with van der Waals surface area (Å²) in [5.74, 6) is 0.144. The summed E-state index contributed by atoms with van der Waals surface area (Å²) in [4.78, 5) is 27.0. The Balaban J connectivity index is 2.21. The van der Waals surface area contributed by atoms with E-state index in [0.717, 1.165) is 24.8 Å². The number of nitrogens with zero attached hydrogens (tertiary/aromatic N) is 1. The maximum absolute atomic E-state index is 12.7. The first-order chi connectivity index (χ1) is 11.3. The standard InChI is InChI=1S/C20H29NO3/c1-5-6-12-16-14-18(22)17(13-15-10-8-7-9-11-15)21(16)19(23)24-20(2,3)4/h7-11,16-17H,5-6,12-14H2,1-4H3/t16-,17+/m0/s1.